The maximum Gasteiger partial charge on any atom is 0.0593 e. The molecule has 4 heteroatoms. The van der Waals surface area contributed by atoms with Gasteiger partial charge >= 0.3 is 0 Å². The summed E-state index contributed by atoms with van der Waals surface area (Å²) in [5, 5.41) is 4.25. The molecule has 1 unspecified atom stereocenters. The molecule has 0 heterocycles. The third-order valence-corrected chi connectivity index (χ3v) is 3.13. The Labute approximate surface area is 121 Å². The van der Waals surface area contributed by atoms with E-state index in [1.807, 2.05) is 12.1 Å². The molecule has 0 aliphatic carbocycles. The predicted molar refractivity (Wildman–Crippen MR) is 82.0 cm³/mol. The van der Waals surface area contributed by atoms with E-state index in [0.29, 0.717) is 6.04 Å². The van der Waals surface area contributed by atoms with Gasteiger partial charge in [0, 0.05) is 24.2 Å². The zero-order chi connectivity index (χ0) is 14.1. The van der Waals surface area contributed by atoms with E-state index in [2.05, 4.69) is 43.4 Å². The second kappa shape index (κ2) is 9.32. The predicted octanol–water partition coefficient (Wildman–Crippen LogP) is 2.44. The molecule has 1 N–H and O–H groups in total. The van der Waals surface area contributed by atoms with Crippen LogP contribution in [-0.4, -0.2) is 51.3 Å². The molecule has 0 aliphatic rings. The van der Waals surface area contributed by atoms with Crippen molar-refractivity contribution in [3.63, 3.8) is 0 Å². The van der Waals surface area contributed by atoms with Crippen LogP contribution in [0.25, 0.3) is 0 Å². The Kier molecular flexibility index (Phi) is 8.07. The van der Waals surface area contributed by atoms with Crippen LogP contribution in [0.2, 0.25) is 5.02 Å². The molecule has 1 aromatic rings. The topological polar surface area (TPSA) is 24.5 Å². The number of halogens is 1. The summed E-state index contributed by atoms with van der Waals surface area (Å²) in [5.74, 6) is 0. The van der Waals surface area contributed by atoms with Crippen molar-refractivity contribution in [3.8, 4) is 0 Å². The molecule has 0 bridgehead atoms. The summed E-state index contributed by atoms with van der Waals surface area (Å²) >= 11 is 5.87. The van der Waals surface area contributed by atoms with Gasteiger partial charge in [0.25, 0.3) is 0 Å². The molecule has 0 aromatic heterocycles. The first-order valence-corrected chi connectivity index (χ1v) is 7.16. The smallest absolute Gasteiger partial charge is 0.0593 e. The fraction of sp³-hybridized carbons (Fsp3) is 0.600. The summed E-state index contributed by atoms with van der Waals surface area (Å²) in [6, 6.07) is 8.48. The third-order valence-electron chi connectivity index (χ3n) is 2.88. The Hall–Kier alpha value is -0.610. The molecule has 1 aromatic carbocycles. The average Bonchev–Trinajstić information content (AvgIpc) is 2.36. The van der Waals surface area contributed by atoms with E-state index in [9.17, 15) is 0 Å². The molecule has 0 radical (unpaired) electrons. The van der Waals surface area contributed by atoms with Crippen molar-refractivity contribution in [3.05, 3.63) is 34.9 Å². The Morgan fingerprint density at radius 1 is 1.21 bits per heavy atom. The summed E-state index contributed by atoms with van der Waals surface area (Å²) < 4.78 is 5.54. The van der Waals surface area contributed by atoms with Crippen LogP contribution >= 0.6 is 11.6 Å². The molecule has 1 rings (SSSR count). The molecule has 19 heavy (non-hydrogen) atoms. The van der Waals surface area contributed by atoms with Gasteiger partial charge in [-0.2, -0.15) is 0 Å². The molecule has 1 atom stereocenters. The van der Waals surface area contributed by atoms with Gasteiger partial charge in [0.15, 0.2) is 0 Å². The lowest BCUT2D eigenvalue weighted by Gasteiger charge is -2.15. The largest absolute Gasteiger partial charge is 0.379 e. The summed E-state index contributed by atoms with van der Waals surface area (Å²) in [4.78, 5) is 2.12. The summed E-state index contributed by atoms with van der Waals surface area (Å²) in [7, 11) is 4.10. The van der Waals surface area contributed by atoms with Gasteiger partial charge in [0.05, 0.1) is 13.2 Å². The minimum Gasteiger partial charge on any atom is -0.379 e. The highest BCUT2D eigenvalue weighted by Gasteiger charge is 2.02. The highest BCUT2D eigenvalue weighted by molar-refractivity contribution is 6.30. The molecule has 0 amide bonds. The molecule has 0 spiro atoms. The quantitative estimate of drug-likeness (QED) is 0.705. The van der Waals surface area contributed by atoms with Crippen LogP contribution in [-0.2, 0) is 11.2 Å². The van der Waals surface area contributed by atoms with Crippen molar-refractivity contribution in [1.29, 1.82) is 0 Å². The zero-order valence-electron chi connectivity index (χ0n) is 12.2. The third kappa shape index (κ3) is 8.22. The Balaban J connectivity index is 2.08. The second-order valence-corrected chi connectivity index (χ2v) is 5.54. The molecular weight excluding hydrogens is 260 g/mol. The van der Waals surface area contributed by atoms with Crippen molar-refractivity contribution < 1.29 is 4.74 Å². The summed E-state index contributed by atoms with van der Waals surface area (Å²) in [5.41, 5.74) is 1.30. The number of nitrogens with one attached hydrogen (secondary N) is 1. The summed E-state index contributed by atoms with van der Waals surface area (Å²) in [6.07, 6.45) is 1.01. The zero-order valence-corrected chi connectivity index (χ0v) is 12.9. The van der Waals surface area contributed by atoms with Crippen molar-refractivity contribution >= 4 is 11.6 Å². The first kappa shape index (κ1) is 16.4. The average molecular weight is 285 g/mol. The van der Waals surface area contributed by atoms with E-state index in [-0.39, 0.29) is 0 Å². The molecule has 108 valence electrons. The SMILES string of the molecule is CC(Cc1ccc(Cl)cc1)NCCOCCN(C)C. The summed E-state index contributed by atoms with van der Waals surface area (Å²) in [6.45, 7) is 5.61. The van der Waals surface area contributed by atoms with Gasteiger partial charge in [-0.15, -0.1) is 0 Å². The van der Waals surface area contributed by atoms with E-state index in [0.717, 1.165) is 37.7 Å². The van der Waals surface area contributed by atoms with Crippen molar-refractivity contribution in [2.24, 2.45) is 0 Å². The molecule has 0 fully saturated rings. The van der Waals surface area contributed by atoms with E-state index in [1.54, 1.807) is 0 Å². The van der Waals surface area contributed by atoms with Crippen LogP contribution in [0.4, 0.5) is 0 Å². The lowest BCUT2D eigenvalue weighted by atomic mass is 10.1. The number of likely N-dealkylation sites (N-methyl/N-ethyl adjacent to an activating group) is 1. The van der Waals surface area contributed by atoms with Crippen LogP contribution in [0, 0.1) is 0 Å². The van der Waals surface area contributed by atoms with Crippen molar-refractivity contribution in [2.75, 3.05) is 40.4 Å². The van der Waals surface area contributed by atoms with E-state index in [1.165, 1.54) is 5.56 Å². The molecular formula is C15H25ClN2O. The van der Waals surface area contributed by atoms with Gasteiger partial charge in [-0.1, -0.05) is 23.7 Å². The lowest BCUT2D eigenvalue weighted by Crippen LogP contribution is -2.31. The first-order chi connectivity index (χ1) is 9.08. The molecule has 0 saturated heterocycles. The molecule has 3 nitrogen and oxygen atoms in total. The fourth-order valence-electron chi connectivity index (χ4n) is 1.77. The Morgan fingerprint density at radius 3 is 2.53 bits per heavy atom. The fourth-order valence-corrected chi connectivity index (χ4v) is 1.90. The number of hydrogen-bond acceptors (Lipinski definition) is 3. The molecule has 0 aliphatic heterocycles. The van der Waals surface area contributed by atoms with E-state index < -0.39 is 0 Å². The monoisotopic (exact) mass is 284 g/mol. The number of hydrogen-bond donors (Lipinski definition) is 1. The van der Waals surface area contributed by atoms with Gasteiger partial charge in [0.2, 0.25) is 0 Å². The standard InChI is InChI=1S/C15H25ClN2O/c1-13(12-14-4-6-15(16)7-5-14)17-8-10-19-11-9-18(2)3/h4-7,13,17H,8-12H2,1-3H3. The second-order valence-electron chi connectivity index (χ2n) is 5.10. The number of benzene rings is 1. The van der Waals surface area contributed by atoms with Crippen LogP contribution in [0.3, 0.4) is 0 Å². The van der Waals surface area contributed by atoms with Crippen molar-refractivity contribution in [2.45, 2.75) is 19.4 Å². The first-order valence-electron chi connectivity index (χ1n) is 6.78. The van der Waals surface area contributed by atoms with Crippen LogP contribution < -0.4 is 5.32 Å². The Morgan fingerprint density at radius 2 is 1.89 bits per heavy atom. The van der Waals surface area contributed by atoms with Crippen LogP contribution in [0.5, 0.6) is 0 Å². The van der Waals surface area contributed by atoms with Gasteiger partial charge in [-0.05, 0) is 45.1 Å². The maximum absolute atomic E-state index is 5.87. The minimum absolute atomic E-state index is 0.443. The maximum atomic E-state index is 5.87. The number of rotatable bonds is 9. The van der Waals surface area contributed by atoms with Crippen LogP contribution in [0.15, 0.2) is 24.3 Å². The molecule has 0 saturated carbocycles. The lowest BCUT2D eigenvalue weighted by molar-refractivity contribution is 0.118. The van der Waals surface area contributed by atoms with Crippen LogP contribution in [0.1, 0.15) is 12.5 Å². The van der Waals surface area contributed by atoms with Gasteiger partial charge in [0.1, 0.15) is 0 Å². The van der Waals surface area contributed by atoms with Gasteiger partial charge in [-0.3, -0.25) is 0 Å². The van der Waals surface area contributed by atoms with Gasteiger partial charge < -0.3 is 15.0 Å². The number of ether oxygens (including phenoxy) is 1. The van der Waals surface area contributed by atoms with E-state index >= 15 is 0 Å². The minimum atomic E-state index is 0.443. The Bertz CT molecular complexity index is 341. The normalized spacial score (nSPS) is 12.9. The highest BCUT2D eigenvalue weighted by atomic mass is 35.5. The van der Waals surface area contributed by atoms with Gasteiger partial charge in [-0.25, -0.2) is 0 Å². The highest BCUT2D eigenvalue weighted by Crippen LogP contribution is 2.10. The van der Waals surface area contributed by atoms with E-state index in [4.69, 9.17) is 16.3 Å². The van der Waals surface area contributed by atoms with Crippen molar-refractivity contribution in [1.82, 2.24) is 10.2 Å². The number of nitrogens with zero attached hydrogens (tertiary/aromatic N) is 1.